The SMILES string of the molecule is CCNC(=O)c1cc(S(=O)(=O)N[C@@H](C)c2ccc(S(C)(=O)=O)cc2)ccc1OC. The Morgan fingerprint density at radius 2 is 1.62 bits per heavy atom. The molecule has 158 valence electrons. The highest BCUT2D eigenvalue weighted by molar-refractivity contribution is 7.90. The number of ether oxygens (including phenoxy) is 1. The molecule has 0 aromatic heterocycles. The van der Waals surface area contributed by atoms with Crippen LogP contribution in [0.1, 0.15) is 35.8 Å². The van der Waals surface area contributed by atoms with Gasteiger partial charge in [-0.15, -0.1) is 0 Å². The number of carbonyl (C=O) groups excluding carboxylic acids is 1. The Morgan fingerprint density at radius 3 is 2.14 bits per heavy atom. The van der Waals surface area contributed by atoms with Crippen LogP contribution in [0.25, 0.3) is 0 Å². The minimum absolute atomic E-state index is 0.0841. The van der Waals surface area contributed by atoms with Crippen molar-refractivity contribution < 1.29 is 26.4 Å². The van der Waals surface area contributed by atoms with Crippen molar-refractivity contribution in [2.45, 2.75) is 29.7 Å². The number of hydrogen-bond acceptors (Lipinski definition) is 6. The van der Waals surface area contributed by atoms with Crippen LogP contribution in [0.4, 0.5) is 0 Å². The van der Waals surface area contributed by atoms with Crippen LogP contribution in [0.2, 0.25) is 0 Å². The van der Waals surface area contributed by atoms with Gasteiger partial charge in [0.1, 0.15) is 5.75 Å². The van der Waals surface area contributed by atoms with Crippen molar-refractivity contribution in [1.82, 2.24) is 10.0 Å². The first kappa shape index (κ1) is 22.9. The zero-order valence-electron chi connectivity index (χ0n) is 16.6. The molecule has 0 aliphatic carbocycles. The Hall–Kier alpha value is -2.43. The molecular weight excluding hydrogens is 416 g/mol. The predicted octanol–water partition coefficient (Wildman–Crippen LogP) is 1.89. The summed E-state index contributed by atoms with van der Waals surface area (Å²) in [6.45, 7) is 3.78. The Bertz CT molecular complexity index is 1090. The van der Waals surface area contributed by atoms with Gasteiger partial charge < -0.3 is 10.1 Å². The van der Waals surface area contributed by atoms with Crippen LogP contribution in [-0.4, -0.2) is 42.7 Å². The standard InChI is InChI=1S/C19H24N2O6S2/c1-5-20-19(22)17-12-16(10-11-18(17)27-3)29(25,26)21-13(2)14-6-8-15(9-7-14)28(4,23)24/h6-13,21H,5H2,1-4H3,(H,20,22)/t13-/m0/s1. The average molecular weight is 441 g/mol. The second-order valence-electron chi connectivity index (χ2n) is 6.41. The molecule has 0 fully saturated rings. The molecule has 2 N–H and O–H groups in total. The fourth-order valence-electron chi connectivity index (χ4n) is 2.66. The van der Waals surface area contributed by atoms with Crippen molar-refractivity contribution in [3.63, 3.8) is 0 Å². The normalized spacial score (nSPS) is 13.0. The topological polar surface area (TPSA) is 119 Å². The summed E-state index contributed by atoms with van der Waals surface area (Å²) in [5.74, 6) is -0.176. The van der Waals surface area contributed by atoms with Gasteiger partial charge in [-0.1, -0.05) is 12.1 Å². The van der Waals surface area contributed by atoms with E-state index in [1.165, 1.54) is 37.4 Å². The number of rotatable bonds is 8. The molecule has 0 unspecified atom stereocenters. The first-order valence-electron chi connectivity index (χ1n) is 8.78. The molecule has 0 bridgehead atoms. The fourth-order valence-corrected chi connectivity index (χ4v) is 4.55. The third kappa shape index (κ3) is 5.55. The molecular formula is C19H24N2O6S2. The van der Waals surface area contributed by atoms with Crippen LogP contribution in [0.5, 0.6) is 5.75 Å². The van der Waals surface area contributed by atoms with E-state index in [2.05, 4.69) is 10.0 Å². The van der Waals surface area contributed by atoms with Crippen molar-refractivity contribution in [2.24, 2.45) is 0 Å². The van der Waals surface area contributed by atoms with Crippen molar-refractivity contribution in [3.05, 3.63) is 53.6 Å². The highest BCUT2D eigenvalue weighted by atomic mass is 32.2. The molecule has 0 heterocycles. The second kappa shape index (κ2) is 8.93. The van der Waals surface area contributed by atoms with E-state index < -0.39 is 31.8 Å². The van der Waals surface area contributed by atoms with Gasteiger partial charge in [0.05, 0.1) is 22.5 Å². The summed E-state index contributed by atoms with van der Waals surface area (Å²) in [7, 11) is -5.89. The largest absolute Gasteiger partial charge is 0.496 e. The van der Waals surface area contributed by atoms with Crippen molar-refractivity contribution in [2.75, 3.05) is 19.9 Å². The highest BCUT2D eigenvalue weighted by Crippen LogP contribution is 2.24. The van der Waals surface area contributed by atoms with E-state index in [1.807, 2.05) is 0 Å². The summed E-state index contributed by atoms with van der Waals surface area (Å²) in [6, 6.07) is 9.37. The summed E-state index contributed by atoms with van der Waals surface area (Å²) in [6.07, 6.45) is 1.10. The van der Waals surface area contributed by atoms with Crippen LogP contribution in [0, 0.1) is 0 Å². The lowest BCUT2D eigenvalue weighted by molar-refractivity contribution is 0.0952. The first-order valence-corrected chi connectivity index (χ1v) is 12.2. The minimum atomic E-state index is -3.95. The molecule has 2 rings (SSSR count). The van der Waals surface area contributed by atoms with Gasteiger partial charge in [0.15, 0.2) is 9.84 Å². The molecule has 0 aliphatic heterocycles. The maximum Gasteiger partial charge on any atom is 0.255 e. The molecule has 1 amide bonds. The summed E-state index contributed by atoms with van der Waals surface area (Å²) in [5.41, 5.74) is 0.709. The third-order valence-corrected chi connectivity index (χ3v) is 6.87. The van der Waals surface area contributed by atoms with E-state index >= 15 is 0 Å². The molecule has 8 nitrogen and oxygen atoms in total. The van der Waals surface area contributed by atoms with Gasteiger partial charge in [-0.05, 0) is 49.7 Å². The summed E-state index contributed by atoms with van der Waals surface area (Å²) in [5, 5.41) is 2.62. The summed E-state index contributed by atoms with van der Waals surface area (Å²) in [4.78, 5) is 12.3. The molecule has 10 heteroatoms. The van der Waals surface area contributed by atoms with Crippen LogP contribution < -0.4 is 14.8 Å². The van der Waals surface area contributed by atoms with Crippen molar-refractivity contribution in [1.29, 1.82) is 0 Å². The summed E-state index contributed by atoms with van der Waals surface area (Å²) >= 11 is 0. The van der Waals surface area contributed by atoms with Crippen LogP contribution in [0.15, 0.2) is 52.3 Å². The Balaban J connectivity index is 2.31. The number of sulfone groups is 1. The Kier molecular flexibility index (Phi) is 7.04. The number of benzene rings is 2. The van der Waals surface area contributed by atoms with Gasteiger partial charge in [-0.2, -0.15) is 0 Å². The summed E-state index contributed by atoms with van der Waals surface area (Å²) < 4.78 is 56.4. The second-order valence-corrected chi connectivity index (χ2v) is 10.1. The van der Waals surface area contributed by atoms with E-state index in [1.54, 1.807) is 26.0 Å². The number of carbonyl (C=O) groups is 1. The first-order chi connectivity index (χ1) is 13.5. The van der Waals surface area contributed by atoms with Crippen molar-refractivity contribution >= 4 is 25.8 Å². The van der Waals surface area contributed by atoms with E-state index in [0.29, 0.717) is 12.1 Å². The molecule has 0 radical (unpaired) electrons. The molecule has 0 saturated heterocycles. The van der Waals surface area contributed by atoms with E-state index in [4.69, 9.17) is 4.74 Å². The maximum absolute atomic E-state index is 12.8. The lowest BCUT2D eigenvalue weighted by Crippen LogP contribution is -2.28. The van der Waals surface area contributed by atoms with Crippen LogP contribution >= 0.6 is 0 Å². The lowest BCUT2D eigenvalue weighted by Gasteiger charge is -2.16. The molecule has 0 saturated carbocycles. The van der Waals surface area contributed by atoms with Gasteiger partial charge in [0.25, 0.3) is 5.91 Å². The Labute approximate surface area is 171 Å². The third-order valence-electron chi connectivity index (χ3n) is 4.20. The number of sulfonamides is 1. The zero-order chi connectivity index (χ0) is 21.8. The number of nitrogens with one attached hydrogen (secondary N) is 2. The monoisotopic (exact) mass is 440 g/mol. The van der Waals surface area contributed by atoms with Crippen molar-refractivity contribution in [3.8, 4) is 5.75 Å². The van der Waals surface area contributed by atoms with E-state index in [0.717, 1.165) is 6.26 Å². The highest BCUT2D eigenvalue weighted by Gasteiger charge is 2.22. The molecule has 29 heavy (non-hydrogen) atoms. The predicted molar refractivity (Wildman–Crippen MR) is 109 cm³/mol. The number of methoxy groups -OCH3 is 1. The molecule has 2 aromatic rings. The van der Waals surface area contributed by atoms with Gasteiger partial charge in [-0.3, -0.25) is 4.79 Å². The number of hydrogen-bond donors (Lipinski definition) is 2. The van der Waals surface area contributed by atoms with E-state index in [9.17, 15) is 21.6 Å². The van der Waals surface area contributed by atoms with Gasteiger partial charge in [-0.25, -0.2) is 21.6 Å². The van der Waals surface area contributed by atoms with Gasteiger partial charge in [0, 0.05) is 18.8 Å². The molecule has 1 atom stereocenters. The van der Waals surface area contributed by atoms with Crippen LogP contribution in [-0.2, 0) is 19.9 Å². The average Bonchev–Trinajstić information content (AvgIpc) is 2.66. The molecule has 0 aliphatic rings. The fraction of sp³-hybridized carbons (Fsp3) is 0.316. The van der Waals surface area contributed by atoms with Crippen LogP contribution in [0.3, 0.4) is 0 Å². The molecule has 0 spiro atoms. The van der Waals surface area contributed by atoms with Gasteiger partial charge in [0.2, 0.25) is 10.0 Å². The minimum Gasteiger partial charge on any atom is -0.496 e. The quantitative estimate of drug-likeness (QED) is 0.647. The smallest absolute Gasteiger partial charge is 0.255 e. The van der Waals surface area contributed by atoms with Gasteiger partial charge >= 0.3 is 0 Å². The number of amides is 1. The zero-order valence-corrected chi connectivity index (χ0v) is 18.2. The lowest BCUT2D eigenvalue weighted by atomic mass is 10.1. The Morgan fingerprint density at radius 1 is 1.03 bits per heavy atom. The van der Waals surface area contributed by atoms with E-state index in [-0.39, 0.29) is 21.1 Å². The molecule has 2 aromatic carbocycles. The maximum atomic E-state index is 12.8.